The highest BCUT2D eigenvalue weighted by Crippen LogP contribution is 1.83. The number of H-pyrrole nitrogens is 1. The van der Waals surface area contributed by atoms with E-state index in [9.17, 15) is 14.4 Å². The highest BCUT2D eigenvalue weighted by atomic mass is 16.4. The maximum absolute atomic E-state index is 10.1. The van der Waals surface area contributed by atoms with Gasteiger partial charge in [0, 0.05) is 24.7 Å². The number of ketones is 1. The van der Waals surface area contributed by atoms with Gasteiger partial charge in [0.1, 0.15) is 6.04 Å². The lowest BCUT2D eigenvalue weighted by atomic mass is 10.3. The van der Waals surface area contributed by atoms with Crippen LogP contribution in [-0.4, -0.2) is 45.5 Å². The Labute approximate surface area is 108 Å². The number of carboxylic acid groups (broad SMARTS) is 1. The summed E-state index contributed by atoms with van der Waals surface area (Å²) in [5.74, 6) is -2.19. The first-order chi connectivity index (χ1) is 8.99. The molecule has 0 fully saturated rings. The summed E-state index contributed by atoms with van der Waals surface area (Å²) in [5.41, 5.74) is 4.77. The summed E-state index contributed by atoms with van der Waals surface area (Å²) in [6.07, 6.45) is 6.27. The van der Waals surface area contributed by atoms with Gasteiger partial charge >= 0.3 is 5.97 Å². The molecule has 1 atom stereocenters. The summed E-state index contributed by atoms with van der Waals surface area (Å²) in [7, 11) is 0. The second-order valence-corrected chi connectivity index (χ2v) is 3.18. The number of amides is 1. The largest absolute Gasteiger partial charge is 0.480 e. The number of aliphatic carboxylic acids is 1. The van der Waals surface area contributed by atoms with Crippen molar-refractivity contribution in [2.24, 2.45) is 5.73 Å². The third-order valence-corrected chi connectivity index (χ3v) is 1.68. The summed E-state index contributed by atoms with van der Waals surface area (Å²) in [5, 5.41) is 18.1. The van der Waals surface area contributed by atoms with E-state index in [4.69, 9.17) is 15.9 Å². The second-order valence-electron chi connectivity index (χ2n) is 3.18. The third kappa shape index (κ3) is 8.30. The van der Waals surface area contributed by atoms with Gasteiger partial charge in [-0.3, -0.25) is 14.4 Å². The minimum Gasteiger partial charge on any atom is -0.480 e. The molecule has 1 aromatic heterocycles. The Morgan fingerprint density at radius 3 is 2.00 bits per heavy atom. The van der Waals surface area contributed by atoms with E-state index in [0.717, 1.165) is 0 Å². The maximum atomic E-state index is 10.1. The van der Waals surface area contributed by atoms with Crippen LogP contribution in [0.2, 0.25) is 0 Å². The van der Waals surface area contributed by atoms with Gasteiger partial charge in [-0.1, -0.05) is 0 Å². The molecule has 2 heterocycles. The Kier molecular flexibility index (Phi) is 8.33. The summed E-state index contributed by atoms with van der Waals surface area (Å²) in [6.45, 7) is -0.505. The van der Waals surface area contributed by atoms with Crippen LogP contribution in [0.15, 0.2) is 36.8 Å². The molecule has 0 saturated carbocycles. The minimum absolute atomic E-state index is 0.472. The number of aromatic nitrogens is 1. The van der Waals surface area contributed by atoms with Gasteiger partial charge in [0.15, 0.2) is 0 Å². The van der Waals surface area contributed by atoms with E-state index in [0.29, 0.717) is 0 Å². The first-order valence-corrected chi connectivity index (χ1v) is 5.17. The fourth-order valence-corrected chi connectivity index (χ4v) is 0.696. The van der Waals surface area contributed by atoms with Crippen LogP contribution in [0.1, 0.15) is 0 Å². The van der Waals surface area contributed by atoms with E-state index in [2.05, 4.69) is 10.3 Å². The third-order valence-electron chi connectivity index (χ3n) is 1.68. The number of carbonyl (C=O) groups is 3. The van der Waals surface area contributed by atoms with Crippen molar-refractivity contribution in [3.8, 4) is 0 Å². The van der Waals surface area contributed by atoms with Crippen molar-refractivity contribution in [1.29, 1.82) is 0 Å². The van der Waals surface area contributed by atoms with Crippen molar-refractivity contribution in [3.63, 3.8) is 0 Å². The highest BCUT2D eigenvalue weighted by Gasteiger charge is 2.12. The van der Waals surface area contributed by atoms with Gasteiger partial charge < -0.3 is 26.2 Å². The van der Waals surface area contributed by atoms with Crippen molar-refractivity contribution in [3.05, 3.63) is 36.8 Å². The van der Waals surface area contributed by atoms with E-state index >= 15 is 0 Å². The van der Waals surface area contributed by atoms with Gasteiger partial charge in [-0.05, 0) is 12.1 Å². The normalized spacial score (nSPS) is 13.6. The number of aliphatic hydroxyl groups is 1. The molecule has 1 aliphatic heterocycles. The molecule has 0 radical (unpaired) electrons. The van der Waals surface area contributed by atoms with Crippen molar-refractivity contribution in [2.45, 2.75) is 6.04 Å². The van der Waals surface area contributed by atoms with Crippen LogP contribution in [0.25, 0.3) is 0 Å². The summed E-state index contributed by atoms with van der Waals surface area (Å²) in [4.78, 5) is 32.6. The molecule has 1 amide bonds. The zero-order valence-electron chi connectivity index (χ0n) is 9.95. The van der Waals surface area contributed by atoms with E-state index < -0.39 is 30.3 Å². The van der Waals surface area contributed by atoms with Crippen LogP contribution in [0.3, 0.4) is 0 Å². The van der Waals surface area contributed by atoms with Crippen LogP contribution in [0.4, 0.5) is 0 Å². The number of nitrogens with one attached hydrogen (secondary N) is 2. The van der Waals surface area contributed by atoms with Crippen molar-refractivity contribution in [2.75, 3.05) is 6.61 Å². The van der Waals surface area contributed by atoms with Gasteiger partial charge in [0.25, 0.3) is 5.91 Å². The van der Waals surface area contributed by atoms with Gasteiger partial charge in [0.2, 0.25) is 5.78 Å². The quantitative estimate of drug-likeness (QED) is 0.417. The Morgan fingerprint density at radius 1 is 1.32 bits per heavy atom. The lowest BCUT2D eigenvalue weighted by molar-refractivity contribution is -0.139. The smallest absolute Gasteiger partial charge is 0.322 e. The summed E-state index contributed by atoms with van der Waals surface area (Å²) < 4.78 is 0. The standard InChI is InChI=1S/C4H3NO2.C4H5N.C3H7NO3/c6-3-1-2-5-4(3)7;1-2-4-5-3-1;4-2(1-5)3(6)7/h1-2H,(H,5,6,7);1-5H;2,5H,1,4H2,(H,6,7)/t;;2-/m..0/s1. The maximum Gasteiger partial charge on any atom is 0.322 e. The Bertz CT molecular complexity index is 410. The number of nitrogens with two attached hydrogens (primary N) is 1. The second kappa shape index (κ2) is 9.57. The average molecular weight is 269 g/mol. The van der Waals surface area contributed by atoms with Crippen molar-refractivity contribution < 1.29 is 24.6 Å². The minimum atomic E-state index is -1.18. The van der Waals surface area contributed by atoms with Gasteiger partial charge in [-0.15, -0.1) is 0 Å². The molecule has 0 aliphatic carbocycles. The number of hydrogen-bond donors (Lipinski definition) is 5. The van der Waals surface area contributed by atoms with Gasteiger partial charge in [0.05, 0.1) is 6.61 Å². The average Bonchev–Trinajstić information content (AvgIpc) is 3.05. The molecule has 19 heavy (non-hydrogen) atoms. The number of aromatic amines is 1. The summed E-state index contributed by atoms with van der Waals surface area (Å²) >= 11 is 0. The Hall–Kier alpha value is -2.45. The van der Waals surface area contributed by atoms with Gasteiger partial charge in [-0.2, -0.15) is 0 Å². The molecule has 104 valence electrons. The molecule has 0 unspecified atom stereocenters. The monoisotopic (exact) mass is 269 g/mol. The number of hydrogen-bond acceptors (Lipinski definition) is 5. The van der Waals surface area contributed by atoms with Crippen LogP contribution >= 0.6 is 0 Å². The van der Waals surface area contributed by atoms with E-state index in [1.807, 2.05) is 24.5 Å². The highest BCUT2D eigenvalue weighted by molar-refractivity contribution is 6.42. The van der Waals surface area contributed by atoms with E-state index in [-0.39, 0.29) is 0 Å². The number of carboxylic acids is 1. The molecule has 6 N–H and O–H groups in total. The number of rotatable bonds is 2. The molecular formula is C11H15N3O5. The molecule has 8 nitrogen and oxygen atoms in total. The molecule has 0 bridgehead atoms. The van der Waals surface area contributed by atoms with Crippen LogP contribution in [0, 0.1) is 0 Å². The molecule has 0 aromatic carbocycles. The van der Waals surface area contributed by atoms with Crippen LogP contribution in [-0.2, 0) is 14.4 Å². The number of carbonyl (C=O) groups excluding carboxylic acids is 2. The number of aliphatic hydroxyl groups excluding tert-OH is 1. The summed E-state index contributed by atoms with van der Waals surface area (Å²) in [6, 6.07) is 2.76. The predicted molar refractivity (Wildman–Crippen MR) is 65.8 cm³/mol. The Balaban J connectivity index is 0.000000259. The molecule has 1 aliphatic rings. The zero-order chi connectivity index (χ0) is 14.7. The fraction of sp³-hybridized carbons (Fsp3) is 0.182. The van der Waals surface area contributed by atoms with E-state index in [1.54, 1.807) is 0 Å². The van der Waals surface area contributed by atoms with Crippen molar-refractivity contribution >= 4 is 17.7 Å². The molecule has 0 saturated heterocycles. The topological polar surface area (TPSA) is 146 Å². The first kappa shape index (κ1) is 16.6. The van der Waals surface area contributed by atoms with Gasteiger partial charge in [-0.25, -0.2) is 0 Å². The zero-order valence-corrected chi connectivity index (χ0v) is 9.95. The lowest BCUT2D eigenvalue weighted by Gasteiger charge is -1.96. The Morgan fingerprint density at radius 2 is 1.89 bits per heavy atom. The fourth-order valence-electron chi connectivity index (χ4n) is 0.696. The lowest BCUT2D eigenvalue weighted by Crippen LogP contribution is -2.33. The van der Waals surface area contributed by atoms with Crippen molar-refractivity contribution in [1.82, 2.24) is 10.3 Å². The molecule has 2 rings (SSSR count). The van der Waals surface area contributed by atoms with Crippen LogP contribution in [0.5, 0.6) is 0 Å². The molecule has 1 aromatic rings. The predicted octanol–water partition coefficient (Wildman–Crippen LogP) is -1.40. The SMILES string of the molecule is N[C@@H](CO)C(=O)O.O=C1C=CNC1=O.c1cc[nH]c1. The molecule has 0 spiro atoms. The molecule has 8 heteroatoms. The van der Waals surface area contributed by atoms with E-state index in [1.165, 1.54) is 12.3 Å². The molecular weight excluding hydrogens is 254 g/mol. The first-order valence-electron chi connectivity index (χ1n) is 5.17. The van der Waals surface area contributed by atoms with Crippen LogP contribution < -0.4 is 11.1 Å².